The van der Waals surface area contributed by atoms with Crippen molar-refractivity contribution in [2.24, 2.45) is 0 Å². The number of benzene rings is 2. The zero-order valence-corrected chi connectivity index (χ0v) is 13.5. The molecule has 3 nitrogen and oxygen atoms in total. The summed E-state index contributed by atoms with van der Waals surface area (Å²) in [7, 11) is 0. The summed E-state index contributed by atoms with van der Waals surface area (Å²) >= 11 is 1.63. The van der Waals surface area contributed by atoms with Crippen LogP contribution in [0.1, 0.15) is 10.6 Å². The van der Waals surface area contributed by atoms with Crippen LogP contribution in [-0.4, -0.2) is 11.3 Å². The Labute approximate surface area is 143 Å². The van der Waals surface area contributed by atoms with Crippen LogP contribution in [0.4, 0.5) is 0 Å². The summed E-state index contributed by atoms with van der Waals surface area (Å²) in [5.41, 5.74) is 4.00. The van der Waals surface area contributed by atoms with Crippen LogP contribution in [0.25, 0.3) is 33.2 Å². The van der Waals surface area contributed by atoms with Crippen LogP contribution in [-0.2, 0) is 0 Å². The van der Waals surface area contributed by atoms with E-state index in [0.29, 0.717) is 17.8 Å². The van der Waals surface area contributed by atoms with Gasteiger partial charge in [-0.25, -0.2) is 4.98 Å². The highest BCUT2D eigenvalue weighted by Crippen LogP contribution is 2.31. The molecular formula is C20H13NO2S. The van der Waals surface area contributed by atoms with Gasteiger partial charge in [0.05, 0.1) is 5.69 Å². The maximum Gasteiger partial charge on any atom is 0.185 e. The standard InChI is InChI=1S/C20H13NO2S/c22-12-17-9-10-19(23-17)16-8-4-7-15(11-16)18-13-24-20(21-18)14-5-2-1-3-6-14/h1-13H. The summed E-state index contributed by atoms with van der Waals surface area (Å²) < 4.78 is 5.50. The number of nitrogens with zero attached hydrogens (tertiary/aromatic N) is 1. The first-order chi connectivity index (χ1) is 11.8. The Morgan fingerprint density at radius 3 is 2.46 bits per heavy atom. The first-order valence-electron chi connectivity index (χ1n) is 7.50. The molecular weight excluding hydrogens is 318 g/mol. The lowest BCUT2D eigenvalue weighted by atomic mass is 10.1. The Morgan fingerprint density at radius 2 is 1.67 bits per heavy atom. The molecule has 0 radical (unpaired) electrons. The van der Waals surface area contributed by atoms with Crippen molar-refractivity contribution in [2.75, 3.05) is 0 Å². The van der Waals surface area contributed by atoms with E-state index < -0.39 is 0 Å². The number of furan rings is 1. The first kappa shape index (κ1) is 14.6. The van der Waals surface area contributed by atoms with Crippen molar-refractivity contribution < 1.29 is 9.21 Å². The van der Waals surface area contributed by atoms with Gasteiger partial charge in [-0.1, -0.05) is 48.5 Å². The van der Waals surface area contributed by atoms with E-state index in [1.54, 1.807) is 23.5 Å². The quantitative estimate of drug-likeness (QED) is 0.460. The third kappa shape index (κ3) is 2.79. The van der Waals surface area contributed by atoms with Crippen molar-refractivity contribution >= 4 is 17.6 Å². The predicted octanol–water partition coefficient (Wildman–Crippen LogP) is 5.55. The number of hydrogen-bond donors (Lipinski definition) is 0. The molecule has 0 fully saturated rings. The summed E-state index contributed by atoms with van der Waals surface area (Å²) in [6.45, 7) is 0. The molecule has 0 atom stereocenters. The molecule has 0 unspecified atom stereocenters. The number of rotatable bonds is 4. The van der Waals surface area contributed by atoms with Gasteiger partial charge in [0.25, 0.3) is 0 Å². The molecule has 4 rings (SSSR count). The molecule has 4 heteroatoms. The highest BCUT2D eigenvalue weighted by molar-refractivity contribution is 7.13. The second kappa shape index (κ2) is 6.26. The van der Waals surface area contributed by atoms with Crippen molar-refractivity contribution in [2.45, 2.75) is 0 Å². The fourth-order valence-electron chi connectivity index (χ4n) is 2.52. The van der Waals surface area contributed by atoms with Gasteiger partial charge in [-0.2, -0.15) is 0 Å². The summed E-state index contributed by atoms with van der Waals surface area (Å²) in [5, 5.41) is 3.05. The van der Waals surface area contributed by atoms with Crippen LogP contribution in [0, 0.1) is 0 Å². The van der Waals surface area contributed by atoms with Crippen molar-refractivity contribution in [1.82, 2.24) is 4.98 Å². The molecule has 116 valence electrons. The highest BCUT2D eigenvalue weighted by atomic mass is 32.1. The average Bonchev–Trinajstić information content (AvgIpc) is 3.32. The molecule has 0 amide bonds. The minimum Gasteiger partial charge on any atom is -0.453 e. The number of carbonyl (C=O) groups excluding carboxylic acids is 1. The largest absolute Gasteiger partial charge is 0.453 e. The minimum atomic E-state index is 0.329. The molecule has 2 aromatic carbocycles. The summed E-state index contributed by atoms with van der Waals surface area (Å²) in [5.74, 6) is 1.01. The Hall–Kier alpha value is -2.98. The molecule has 0 aliphatic carbocycles. The molecule has 0 bridgehead atoms. The van der Waals surface area contributed by atoms with E-state index >= 15 is 0 Å². The minimum absolute atomic E-state index is 0.329. The molecule has 0 aliphatic heterocycles. The fraction of sp³-hybridized carbons (Fsp3) is 0. The lowest BCUT2D eigenvalue weighted by Crippen LogP contribution is -1.81. The number of hydrogen-bond acceptors (Lipinski definition) is 4. The highest BCUT2D eigenvalue weighted by Gasteiger charge is 2.09. The Morgan fingerprint density at radius 1 is 0.875 bits per heavy atom. The Kier molecular flexibility index (Phi) is 3.81. The molecule has 0 saturated heterocycles. The predicted molar refractivity (Wildman–Crippen MR) is 96.1 cm³/mol. The smallest absolute Gasteiger partial charge is 0.185 e. The van der Waals surface area contributed by atoms with Crippen LogP contribution in [0.5, 0.6) is 0 Å². The van der Waals surface area contributed by atoms with Crippen LogP contribution in [0.3, 0.4) is 0 Å². The van der Waals surface area contributed by atoms with Crippen LogP contribution >= 0.6 is 11.3 Å². The van der Waals surface area contributed by atoms with Gasteiger partial charge in [0.2, 0.25) is 0 Å². The Bertz CT molecular complexity index is 986. The lowest BCUT2D eigenvalue weighted by molar-refractivity contribution is 0.110. The van der Waals surface area contributed by atoms with E-state index in [-0.39, 0.29) is 0 Å². The van der Waals surface area contributed by atoms with Crippen molar-refractivity contribution in [3.63, 3.8) is 0 Å². The van der Waals surface area contributed by atoms with Gasteiger partial charge in [-0.15, -0.1) is 11.3 Å². The van der Waals surface area contributed by atoms with Gasteiger partial charge in [0.1, 0.15) is 10.8 Å². The lowest BCUT2D eigenvalue weighted by Gasteiger charge is -2.01. The molecule has 2 aromatic heterocycles. The second-order valence-corrected chi connectivity index (χ2v) is 6.16. The second-order valence-electron chi connectivity index (χ2n) is 5.30. The number of aromatic nitrogens is 1. The normalized spacial score (nSPS) is 10.7. The van der Waals surface area contributed by atoms with Gasteiger partial charge in [-0.05, 0) is 18.2 Å². The third-order valence-corrected chi connectivity index (χ3v) is 4.60. The number of thiazole rings is 1. The SMILES string of the molecule is O=Cc1ccc(-c2cccc(-c3csc(-c4ccccc4)n3)c2)o1. The topological polar surface area (TPSA) is 43.1 Å². The monoisotopic (exact) mass is 331 g/mol. The van der Waals surface area contributed by atoms with Crippen molar-refractivity contribution in [3.05, 3.63) is 77.9 Å². The molecule has 24 heavy (non-hydrogen) atoms. The van der Waals surface area contributed by atoms with Gasteiger partial charge in [0.15, 0.2) is 12.0 Å². The molecule has 0 N–H and O–H groups in total. The molecule has 0 saturated carbocycles. The summed E-state index contributed by atoms with van der Waals surface area (Å²) in [6, 6.07) is 21.6. The summed E-state index contributed by atoms with van der Waals surface area (Å²) in [4.78, 5) is 15.5. The zero-order valence-electron chi connectivity index (χ0n) is 12.7. The van der Waals surface area contributed by atoms with E-state index in [1.165, 1.54) is 0 Å². The molecule has 0 aliphatic rings. The van der Waals surface area contributed by atoms with Gasteiger partial charge >= 0.3 is 0 Å². The summed E-state index contributed by atoms with van der Waals surface area (Å²) in [6.07, 6.45) is 0.708. The molecule has 4 aromatic rings. The Balaban J connectivity index is 1.69. The number of aldehydes is 1. The van der Waals surface area contributed by atoms with Crippen molar-refractivity contribution in [1.29, 1.82) is 0 Å². The van der Waals surface area contributed by atoms with Gasteiger partial charge in [-0.3, -0.25) is 4.79 Å². The number of carbonyl (C=O) groups is 1. The maximum atomic E-state index is 10.8. The first-order valence-corrected chi connectivity index (χ1v) is 8.38. The molecule has 0 spiro atoms. The average molecular weight is 331 g/mol. The van der Waals surface area contributed by atoms with Crippen LogP contribution in [0.15, 0.2) is 76.5 Å². The molecule has 2 heterocycles. The third-order valence-electron chi connectivity index (χ3n) is 3.71. The van der Waals surface area contributed by atoms with E-state index in [9.17, 15) is 4.79 Å². The zero-order chi connectivity index (χ0) is 16.4. The van der Waals surface area contributed by atoms with E-state index in [4.69, 9.17) is 9.40 Å². The van der Waals surface area contributed by atoms with E-state index in [1.807, 2.05) is 42.5 Å². The van der Waals surface area contributed by atoms with E-state index in [2.05, 4.69) is 17.5 Å². The van der Waals surface area contributed by atoms with Crippen molar-refractivity contribution in [3.8, 4) is 33.2 Å². The van der Waals surface area contributed by atoms with Gasteiger partial charge in [0, 0.05) is 22.1 Å². The van der Waals surface area contributed by atoms with Crippen LogP contribution < -0.4 is 0 Å². The fourth-order valence-corrected chi connectivity index (χ4v) is 3.36. The van der Waals surface area contributed by atoms with Crippen LogP contribution in [0.2, 0.25) is 0 Å². The van der Waals surface area contributed by atoms with E-state index in [0.717, 1.165) is 27.4 Å². The van der Waals surface area contributed by atoms with Gasteiger partial charge < -0.3 is 4.42 Å². The maximum absolute atomic E-state index is 10.8.